The number of nitrogens with zero attached hydrogens (tertiary/aromatic N) is 2. The van der Waals surface area contributed by atoms with Gasteiger partial charge < -0.3 is 5.32 Å². The molecule has 1 N–H and O–H groups in total. The molecule has 0 saturated carbocycles. The van der Waals surface area contributed by atoms with Gasteiger partial charge in [0.15, 0.2) is 0 Å². The van der Waals surface area contributed by atoms with Crippen molar-refractivity contribution >= 4 is 5.82 Å². The minimum Gasteiger partial charge on any atom is -0.372 e. The van der Waals surface area contributed by atoms with Crippen LogP contribution in [-0.4, -0.2) is 16.8 Å². The molecule has 1 rings (SSSR count). The number of alkyl halides is 2. The van der Waals surface area contributed by atoms with Crippen LogP contribution in [0.25, 0.3) is 0 Å². The number of nitrogens with one attached hydrogen (secondary N) is 1. The number of hydrogen-bond acceptors (Lipinski definition) is 2. The number of hydrogen-bond donors (Lipinski definition) is 1. The van der Waals surface area contributed by atoms with Gasteiger partial charge in [-0.25, -0.2) is 4.68 Å². The van der Waals surface area contributed by atoms with Crippen molar-refractivity contribution in [2.45, 2.75) is 6.55 Å². The molecule has 3 nitrogen and oxygen atoms in total. The number of aromatic nitrogens is 2. The second-order valence-corrected chi connectivity index (χ2v) is 1.71. The molecule has 0 aliphatic rings. The van der Waals surface area contributed by atoms with Crippen LogP contribution in [0, 0.1) is 0 Å². The monoisotopic (exact) mass is 147 g/mol. The van der Waals surface area contributed by atoms with Gasteiger partial charge in [0.2, 0.25) is 0 Å². The summed E-state index contributed by atoms with van der Waals surface area (Å²) in [4.78, 5) is 0. The van der Waals surface area contributed by atoms with E-state index in [9.17, 15) is 8.78 Å². The Morgan fingerprint density at radius 2 is 2.40 bits per heavy atom. The van der Waals surface area contributed by atoms with E-state index in [2.05, 4.69) is 10.4 Å². The molecule has 1 heterocycles. The maximum absolute atomic E-state index is 11.8. The minimum atomic E-state index is -2.55. The maximum atomic E-state index is 11.8. The quantitative estimate of drug-likeness (QED) is 0.683. The van der Waals surface area contributed by atoms with E-state index >= 15 is 0 Å². The van der Waals surface area contributed by atoms with Crippen LogP contribution in [-0.2, 0) is 0 Å². The van der Waals surface area contributed by atoms with Crippen molar-refractivity contribution in [2.75, 3.05) is 12.4 Å². The second-order valence-electron chi connectivity index (χ2n) is 1.71. The van der Waals surface area contributed by atoms with Gasteiger partial charge in [0.25, 0.3) is 0 Å². The third-order valence-corrected chi connectivity index (χ3v) is 1.06. The standard InChI is InChI=1S/C5H7F2N3/c1-8-4-2-3-10(9-4)5(6)7/h2-3,5H,1H3,(H,8,9). The Hall–Kier alpha value is -1.13. The van der Waals surface area contributed by atoms with Crippen molar-refractivity contribution in [3.63, 3.8) is 0 Å². The molecule has 0 amide bonds. The highest BCUT2D eigenvalue weighted by Gasteiger charge is 2.05. The van der Waals surface area contributed by atoms with E-state index in [1.807, 2.05) is 0 Å². The van der Waals surface area contributed by atoms with Gasteiger partial charge in [-0.15, -0.1) is 0 Å². The van der Waals surface area contributed by atoms with Gasteiger partial charge in [0.1, 0.15) is 5.82 Å². The molecule has 56 valence electrons. The summed E-state index contributed by atoms with van der Waals surface area (Å²) >= 11 is 0. The van der Waals surface area contributed by atoms with Gasteiger partial charge in [-0.2, -0.15) is 13.9 Å². The molecule has 0 fully saturated rings. The minimum absolute atomic E-state index is 0.445. The number of rotatable bonds is 2. The van der Waals surface area contributed by atoms with Gasteiger partial charge >= 0.3 is 6.55 Å². The zero-order valence-corrected chi connectivity index (χ0v) is 5.38. The second kappa shape index (κ2) is 2.64. The highest BCUT2D eigenvalue weighted by Crippen LogP contribution is 2.10. The van der Waals surface area contributed by atoms with Crippen molar-refractivity contribution in [3.05, 3.63) is 12.3 Å². The molecule has 0 aliphatic carbocycles. The van der Waals surface area contributed by atoms with E-state index < -0.39 is 6.55 Å². The lowest BCUT2D eigenvalue weighted by molar-refractivity contribution is 0.0569. The molecular formula is C5H7F2N3. The molecule has 1 aromatic heterocycles. The largest absolute Gasteiger partial charge is 0.372 e. The van der Waals surface area contributed by atoms with E-state index in [4.69, 9.17) is 0 Å². The van der Waals surface area contributed by atoms with Crippen molar-refractivity contribution in [3.8, 4) is 0 Å². The van der Waals surface area contributed by atoms with Crippen LogP contribution in [0.3, 0.4) is 0 Å². The van der Waals surface area contributed by atoms with Crippen LogP contribution in [0.15, 0.2) is 12.3 Å². The number of halogens is 2. The normalized spacial score (nSPS) is 10.4. The van der Waals surface area contributed by atoms with Crippen LogP contribution < -0.4 is 5.32 Å². The molecule has 0 aliphatic heterocycles. The Morgan fingerprint density at radius 3 is 2.70 bits per heavy atom. The summed E-state index contributed by atoms with van der Waals surface area (Å²) in [7, 11) is 1.62. The first-order chi connectivity index (χ1) is 4.74. The Bertz CT molecular complexity index is 208. The molecule has 0 aromatic carbocycles. The summed E-state index contributed by atoms with van der Waals surface area (Å²) in [6.45, 7) is -2.55. The summed E-state index contributed by atoms with van der Waals surface area (Å²) in [6.07, 6.45) is 1.22. The fraction of sp³-hybridized carbons (Fsp3) is 0.400. The van der Waals surface area contributed by atoms with Crippen LogP contribution in [0.1, 0.15) is 6.55 Å². The lowest BCUT2D eigenvalue weighted by Crippen LogP contribution is -1.99. The van der Waals surface area contributed by atoms with Crippen molar-refractivity contribution in [2.24, 2.45) is 0 Å². The highest BCUT2D eigenvalue weighted by molar-refractivity contribution is 5.30. The molecule has 0 radical (unpaired) electrons. The molecule has 0 unspecified atom stereocenters. The predicted octanol–water partition coefficient (Wildman–Crippen LogP) is 1.32. The summed E-state index contributed by atoms with van der Waals surface area (Å²) in [5.74, 6) is 0.445. The molecule has 5 heteroatoms. The van der Waals surface area contributed by atoms with Crippen molar-refractivity contribution < 1.29 is 8.78 Å². The van der Waals surface area contributed by atoms with E-state index in [1.165, 1.54) is 12.3 Å². The van der Waals surface area contributed by atoms with Crippen LogP contribution in [0.4, 0.5) is 14.6 Å². The topological polar surface area (TPSA) is 29.9 Å². The third-order valence-electron chi connectivity index (χ3n) is 1.06. The number of anilines is 1. The fourth-order valence-electron chi connectivity index (χ4n) is 0.580. The zero-order valence-electron chi connectivity index (χ0n) is 5.38. The SMILES string of the molecule is CNc1ccn(C(F)F)n1. The van der Waals surface area contributed by atoms with E-state index in [-0.39, 0.29) is 0 Å². The smallest absolute Gasteiger partial charge is 0.333 e. The molecule has 0 spiro atoms. The summed E-state index contributed by atoms with van der Waals surface area (Å²) in [6, 6.07) is 1.48. The third kappa shape index (κ3) is 1.23. The van der Waals surface area contributed by atoms with E-state index in [1.54, 1.807) is 7.05 Å². The van der Waals surface area contributed by atoms with Gasteiger partial charge in [0, 0.05) is 19.3 Å². The van der Waals surface area contributed by atoms with Gasteiger partial charge in [-0.3, -0.25) is 0 Å². The maximum Gasteiger partial charge on any atom is 0.333 e. The molecule has 1 aromatic rings. The van der Waals surface area contributed by atoms with Crippen LogP contribution in [0.2, 0.25) is 0 Å². The molecule has 0 atom stereocenters. The Balaban J connectivity index is 2.78. The average Bonchev–Trinajstić information content (AvgIpc) is 2.34. The average molecular weight is 147 g/mol. The summed E-state index contributed by atoms with van der Waals surface area (Å²) in [5.41, 5.74) is 0. The fourth-order valence-corrected chi connectivity index (χ4v) is 0.580. The zero-order chi connectivity index (χ0) is 7.56. The summed E-state index contributed by atoms with van der Waals surface area (Å²) < 4.78 is 24.2. The molecule has 10 heavy (non-hydrogen) atoms. The van der Waals surface area contributed by atoms with Crippen LogP contribution in [0.5, 0.6) is 0 Å². The van der Waals surface area contributed by atoms with Crippen LogP contribution >= 0.6 is 0 Å². The van der Waals surface area contributed by atoms with Gasteiger partial charge in [-0.05, 0) is 0 Å². The first-order valence-electron chi connectivity index (χ1n) is 2.75. The first kappa shape index (κ1) is 6.98. The molecular weight excluding hydrogens is 140 g/mol. The highest BCUT2D eigenvalue weighted by atomic mass is 19.3. The van der Waals surface area contributed by atoms with E-state index in [0.29, 0.717) is 10.5 Å². The Kier molecular flexibility index (Phi) is 1.84. The van der Waals surface area contributed by atoms with Gasteiger partial charge in [0.05, 0.1) is 0 Å². The predicted molar refractivity (Wildman–Crippen MR) is 33.0 cm³/mol. The summed E-state index contributed by atoms with van der Waals surface area (Å²) in [5, 5.41) is 6.12. The molecule has 0 bridgehead atoms. The molecule has 0 saturated heterocycles. The Morgan fingerprint density at radius 1 is 1.70 bits per heavy atom. The first-order valence-corrected chi connectivity index (χ1v) is 2.75. The van der Waals surface area contributed by atoms with Crippen molar-refractivity contribution in [1.29, 1.82) is 0 Å². The van der Waals surface area contributed by atoms with Gasteiger partial charge in [-0.1, -0.05) is 0 Å². The Labute approximate surface area is 56.6 Å². The van der Waals surface area contributed by atoms with E-state index in [0.717, 1.165) is 0 Å². The lowest BCUT2D eigenvalue weighted by Gasteiger charge is -1.95. The lowest BCUT2D eigenvalue weighted by atomic mass is 10.6. The van der Waals surface area contributed by atoms with Crippen molar-refractivity contribution in [1.82, 2.24) is 9.78 Å².